The van der Waals surface area contributed by atoms with Gasteiger partial charge in [-0.25, -0.2) is 0 Å². The fourth-order valence-corrected chi connectivity index (χ4v) is 3.75. The van der Waals surface area contributed by atoms with E-state index in [4.69, 9.17) is 4.74 Å². The molecule has 1 N–H and O–H groups in total. The molecule has 2 rings (SSSR count). The highest BCUT2D eigenvalue weighted by Gasteiger charge is 2.31. The molecule has 1 atom stereocenters. The summed E-state index contributed by atoms with van der Waals surface area (Å²) in [4.78, 5) is 0. The molecule has 2 fully saturated rings. The van der Waals surface area contributed by atoms with Crippen LogP contribution in [0.2, 0.25) is 0 Å². The summed E-state index contributed by atoms with van der Waals surface area (Å²) < 4.78 is 5.39. The molecule has 0 aromatic heterocycles. The van der Waals surface area contributed by atoms with Gasteiger partial charge in [-0.05, 0) is 43.4 Å². The fraction of sp³-hybridized carbons (Fsp3) is 1.00. The summed E-state index contributed by atoms with van der Waals surface area (Å²) in [6.45, 7) is 3.99. The summed E-state index contributed by atoms with van der Waals surface area (Å²) in [5, 5.41) is 10.5. The highest BCUT2D eigenvalue weighted by molar-refractivity contribution is 4.82. The molecule has 2 aliphatic rings. The van der Waals surface area contributed by atoms with Gasteiger partial charge in [0.25, 0.3) is 0 Å². The summed E-state index contributed by atoms with van der Waals surface area (Å²) in [5.41, 5.74) is 0. The second-order valence-corrected chi connectivity index (χ2v) is 6.36. The molecule has 18 heavy (non-hydrogen) atoms. The van der Waals surface area contributed by atoms with Gasteiger partial charge in [0, 0.05) is 13.2 Å². The van der Waals surface area contributed by atoms with Gasteiger partial charge >= 0.3 is 0 Å². The summed E-state index contributed by atoms with van der Waals surface area (Å²) in [6.07, 6.45) is 11.4. The molecule has 1 saturated carbocycles. The van der Waals surface area contributed by atoms with Crippen molar-refractivity contribution in [1.29, 1.82) is 0 Å². The van der Waals surface area contributed by atoms with Crippen LogP contribution in [-0.2, 0) is 4.74 Å². The molecular formula is C16H30O2. The van der Waals surface area contributed by atoms with E-state index in [0.717, 1.165) is 32.0 Å². The minimum atomic E-state index is -0.0546. The summed E-state index contributed by atoms with van der Waals surface area (Å²) in [7, 11) is 0. The van der Waals surface area contributed by atoms with Crippen LogP contribution in [0.5, 0.6) is 0 Å². The molecule has 1 aliphatic carbocycles. The predicted octanol–water partition coefficient (Wildman–Crippen LogP) is 3.77. The lowest BCUT2D eigenvalue weighted by Crippen LogP contribution is -2.35. The van der Waals surface area contributed by atoms with Crippen molar-refractivity contribution >= 4 is 0 Å². The molecule has 1 saturated heterocycles. The van der Waals surface area contributed by atoms with E-state index in [1.807, 2.05) is 0 Å². The van der Waals surface area contributed by atoms with Crippen molar-refractivity contribution in [2.75, 3.05) is 13.2 Å². The lowest BCUT2D eigenvalue weighted by atomic mass is 9.74. The van der Waals surface area contributed by atoms with Crippen molar-refractivity contribution in [2.45, 2.75) is 70.8 Å². The van der Waals surface area contributed by atoms with Gasteiger partial charge in [0.1, 0.15) is 0 Å². The zero-order valence-corrected chi connectivity index (χ0v) is 11.9. The second-order valence-electron chi connectivity index (χ2n) is 6.36. The molecule has 0 aromatic carbocycles. The third kappa shape index (κ3) is 3.96. The van der Waals surface area contributed by atoms with E-state index in [2.05, 4.69) is 6.92 Å². The molecular weight excluding hydrogens is 224 g/mol. The Labute approximate surface area is 112 Å². The summed E-state index contributed by atoms with van der Waals surface area (Å²) in [6, 6.07) is 0. The minimum absolute atomic E-state index is 0.0546. The van der Waals surface area contributed by atoms with E-state index in [1.54, 1.807) is 0 Å². The molecule has 0 bridgehead atoms. The van der Waals surface area contributed by atoms with Gasteiger partial charge in [-0.1, -0.05) is 39.0 Å². The maximum Gasteiger partial charge on any atom is 0.0598 e. The standard InChI is InChI=1S/C16H30O2/c1-2-3-4-13-5-7-14(8-6-13)16(17)15-9-11-18-12-10-15/h13-17H,2-12H2,1H3. The number of hydrogen-bond acceptors (Lipinski definition) is 2. The smallest absolute Gasteiger partial charge is 0.0598 e. The quantitative estimate of drug-likeness (QED) is 0.809. The van der Waals surface area contributed by atoms with Crippen molar-refractivity contribution in [2.24, 2.45) is 17.8 Å². The van der Waals surface area contributed by atoms with Crippen LogP contribution in [0.25, 0.3) is 0 Å². The van der Waals surface area contributed by atoms with Crippen LogP contribution in [0.1, 0.15) is 64.7 Å². The second kappa shape index (κ2) is 7.49. The Hall–Kier alpha value is -0.0800. The van der Waals surface area contributed by atoms with Crippen molar-refractivity contribution < 1.29 is 9.84 Å². The van der Waals surface area contributed by atoms with Crippen LogP contribution in [0.4, 0.5) is 0 Å². The van der Waals surface area contributed by atoms with Crippen LogP contribution in [0.3, 0.4) is 0 Å². The van der Waals surface area contributed by atoms with E-state index in [-0.39, 0.29) is 6.10 Å². The number of ether oxygens (including phenoxy) is 1. The van der Waals surface area contributed by atoms with Gasteiger partial charge < -0.3 is 9.84 Å². The maximum absolute atomic E-state index is 10.5. The first-order valence-corrected chi connectivity index (χ1v) is 8.07. The van der Waals surface area contributed by atoms with E-state index in [9.17, 15) is 5.11 Å². The van der Waals surface area contributed by atoms with Crippen molar-refractivity contribution in [3.8, 4) is 0 Å². The van der Waals surface area contributed by atoms with Crippen LogP contribution in [0, 0.1) is 17.8 Å². The first-order valence-electron chi connectivity index (χ1n) is 8.07. The lowest BCUT2D eigenvalue weighted by Gasteiger charge is -2.36. The molecule has 0 radical (unpaired) electrons. The average Bonchev–Trinajstić information content (AvgIpc) is 2.46. The van der Waals surface area contributed by atoms with Crippen LogP contribution >= 0.6 is 0 Å². The molecule has 1 heterocycles. The fourth-order valence-electron chi connectivity index (χ4n) is 3.75. The molecule has 2 heteroatoms. The van der Waals surface area contributed by atoms with Crippen molar-refractivity contribution in [1.82, 2.24) is 0 Å². The number of hydrogen-bond donors (Lipinski definition) is 1. The Kier molecular flexibility index (Phi) is 5.97. The van der Waals surface area contributed by atoms with Crippen LogP contribution in [-0.4, -0.2) is 24.4 Å². The third-order valence-corrected chi connectivity index (χ3v) is 5.09. The molecule has 0 aromatic rings. The summed E-state index contributed by atoms with van der Waals surface area (Å²) >= 11 is 0. The largest absolute Gasteiger partial charge is 0.393 e. The molecule has 0 amide bonds. The highest BCUT2D eigenvalue weighted by Crippen LogP contribution is 2.37. The van der Waals surface area contributed by atoms with E-state index in [1.165, 1.54) is 44.9 Å². The normalized spacial score (nSPS) is 32.3. The monoisotopic (exact) mass is 254 g/mol. The number of unbranched alkanes of at least 4 members (excludes halogenated alkanes) is 1. The Morgan fingerprint density at radius 3 is 2.22 bits per heavy atom. The SMILES string of the molecule is CCCCC1CCC(C(O)C2CCOCC2)CC1. The Balaban J connectivity index is 1.71. The summed E-state index contributed by atoms with van der Waals surface area (Å²) in [5.74, 6) is 2.03. The lowest BCUT2D eigenvalue weighted by molar-refractivity contribution is -0.0285. The number of rotatable bonds is 5. The van der Waals surface area contributed by atoms with Crippen LogP contribution < -0.4 is 0 Å². The third-order valence-electron chi connectivity index (χ3n) is 5.09. The van der Waals surface area contributed by atoms with Gasteiger partial charge in [0.05, 0.1) is 6.10 Å². The highest BCUT2D eigenvalue weighted by atomic mass is 16.5. The van der Waals surface area contributed by atoms with Crippen molar-refractivity contribution in [3.05, 3.63) is 0 Å². The van der Waals surface area contributed by atoms with Gasteiger partial charge in [-0.15, -0.1) is 0 Å². The zero-order valence-electron chi connectivity index (χ0n) is 11.9. The molecule has 2 nitrogen and oxygen atoms in total. The predicted molar refractivity (Wildman–Crippen MR) is 74.5 cm³/mol. The Bertz CT molecular complexity index is 215. The Morgan fingerprint density at radius 1 is 1.00 bits per heavy atom. The molecule has 1 aliphatic heterocycles. The number of aliphatic hydroxyl groups is 1. The van der Waals surface area contributed by atoms with Crippen LogP contribution in [0.15, 0.2) is 0 Å². The maximum atomic E-state index is 10.5. The minimum Gasteiger partial charge on any atom is -0.393 e. The molecule has 106 valence electrons. The molecule has 0 spiro atoms. The van der Waals surface area contributed by atoms with Gasteiger partial charge in [-0.2, -0.15) is 0 Å². The average molecular weight is 254 g/mol. The topological polar surface area (TPSA) is 29.5 Å². The zero-order chi connectivity index (χ0) is 12.8. The van der Waals surface area contributed by atoms with Gasteiger partial charge in [0.2, 0.25) is 0 Å². The van der Waals surface area contributed by atoms with E-state index in [0.29, 0.717) is 11.8 Å². The molecule has 1 unspecified atom stereocenters. The number of aliphatic hydroxyl groups excluding tert-OH is 1. The Morgan fingerprint density at radius 2 is 1.61 bits per heavy atom. The first-order chi connectivity index (χ1) is 8.81. The van der Waals surface area contributed by atoms with Gasteiger partial charge in [0.15, 0.2) is 0 Å². The van der Waals surface area contributed by atoms with Crippen molar-refractivity contribution in [3.63, 3.8) is 0 Å². The first kappa shape index (κ1) is 14.3. The van der Waals surface area contributed by atoms with Gasteiger partial charge in [-0.3, -0.25) is 0 Å². The van der Waals surface area contributed by atoms with E-state index < -0.39 is 0 Å². The van der Waals surface area contributed by atoms with E-state index >= 15 is 0 Å².